The number of nitrogens with two attached hydrogens (primary N) is 1. The number of benzene rings is 1. The van der Waals surface area contributed by atoms with E-state index in [0.29, 0.717) is 5.92 Å². The molecule has 0 radical (unpaired) electrons. The van der Waals surface area contributed by atoms with Gasteiger partial charge in [-0.05, 0) is 43.4 Å². The first-order chi connectivity index (χ1) is 9.51. The first-order valence-electron chi connectivity index (χ1n) is 7.33. The Labute approximate surface area is 127 Å². The zero-order valence-corrected chi connectivity index (χ0v) is 13.4. The summed E-state index contributed by atoms with van der Waals surface area (Å²) >= 11 is 6.45. The van der Waals surface area contributed by atoms with Gasteiger partial charge >= 0.3 is 0 Å². The van der Waals surface area contributed by atoms with Crippen LogP contribution in [0.2, 0.25) is 5.02 Å². The van der Waals surface area contributed by atoms with Crippen LogP contribution < -0.4 is 10.6 Å². The predicted octanol–water partition coefficient (Wildman–Crippen LogP) is 3.09. The van der Waals surface area contributed by atoms with E-state index in [0.717, 1.165) is 36.6 Å². The van der Waals surface area contributed by atoms with Crippen LogP contribution in [0.4, 0.5) is 5.69 Å². The lowest BCUT2D eigenvalue weighted by Crippen LogP contribution is -2.44. The van der Waals surface area contributed by atoms with Crippen LogP contribution in [0.3, 0.4) is 0 Å². The standard InChI is InChI=1S/C16H25ClN2O/c1-11-6-7-19(10-16(11)20-3)15-5-4-13(8-12(2)18)9-14(15)17/h4-5,9,11-12,16H,6-8,10,18H2,1-3H3. The van der Waals surface area contributed by atoms with Crippen molar-refractivity contribution in [2.24, 2.45) is 11.7 Å². The van der Waals surface area contributed by atoms with Crippen LogP contribution in [-0.2, 0) is 11.2 Å². The Morgan fingerprint density at radius 2 is 2.25 bits per heavy atom. The quantitative estimate of drug-likeness (QED) is 0.928. The summed E-state index contributed by atoms with van der Waals surface area (Å²) in [7, 11) is 1.79. The Hall–Kier alpha value is -0.770. The second kappa shape index (κ2) is 6.79. The van der Waals surface area contributed by atoms with E-state index < -0.39 is 0 Å². The van der Waals surface area contributed by atoms with Gasteiger partial charge in [-0.3, -0.25) is 0 Å². The fourth-order valence-corrected chi connectivity index (χ4v) is 3.19. The molecule has 0 amide bonds. The van der Waals surface area contributed by atoms with E-state index in [1.807, 2.05) is 13.0 Å². The maximum atomic E-state index is 6.45. The smallest absolute Gasteiger partial charge is 0.0772 e. The summed E-state index contributed by atoms with van der Waals surface area (Å²) in [4.78, 5) is 2.33. The maximum absolute atomic E-state index is 6.45. The van der Waals surface area contributed by atoms with Crippen LogP contribution in [0.1, 0.15) is 25.8 Å². The third-order valence-electron chi connectivity index (χ3n) is 4.10. The van der Waals surface area contributed by atoms with Crippen molar-refractivity contribution in [3.8, 4) is 0 Å². The van der Waals surface area contributed by atoms with Crippen LogP contribution in [0.15, 0.2) is 18.2 Å². The van der Waals surface area contributed by atoms with Crippen LogP contribution >= 0.6 is 11.6 Å². The predicted molar refractivity (Wildman–Crippen MR) is 85.6 cm³/mol. The molecule has 1 aromatic carbocycles. The fraction of sp³-hybridized carbons (Fsp3) is 0.625. The minimum Gasteiger partial charge on any atom is -0.379 e. The number of hydrogen-bond donors (Lipinski definition) is 1. The van der Waals surface area contributed by atoms with E-state index in [1.165, 1.54) is 5.56 Å². The van der Waals surface area contributed by atoms with Gasteiger partial charge in [-0.2, -0.15) is 0 Å². The molecule has 1 heterocycles. The summed E-state index contributed by atoms with van der Waals surface area (Å²) in [6, 6.07) is 6.44. The lowest BCUT2D eigenvalue weighted by Gasteiger charge is -2.38. The number of ether oxygens (including phenoxy) is 1. The van der Waals surface area contributed by atoms with Gasteiger partial charge in [-0.15, -0.1) is 0 Å². The van der Waals surface area contributed by atoms with Gasteiger partial charge in [-0.25, -0.2) is 0 Å². The van der Waals surface area contributed by atoms with Crippen molar-refractivity contribution < 1.29 is 4.74 Å². The van der Waals surface area contributed by atoms with Crippen molar-refractivity contribution in [1.29, 1.82) is 0 Å². The number of rotatable bonds is 4. The third-order valence-corrected chi connectivity index (χ3v) is 4.41. The summed E-state index contributed by atoms with van der Waals surface area (Å²) in [6.45, 7) is 6.20. The molecular formula is C16H25ClN2O. The molecule has 3 nitrogen and oxygen atoms in total. The molecular weight excluding hydrogens is 272 g/mol. The van der Waals surface area contributed by atoms with Crippen LogP contribution in [-0.4, -0.2) is 32.3 Å². The Morgan fingerprint density at radius 1 is 1.50 bits per heavy atom. The van der Waals surface area contributed by atoms with Crippen molar-refractivity contribution in [2.45, 2.75) is 38.8 Å². The zero-order valence-electron chi connectivity index (χ0n) is 12.6. The topological polar surface area (TPSA) is 38.5 Å². The largest absolute Gasteiger partial charge is 0.379 e. The molecule has 3 atom stereocenters. The third kappa shape index (κ3) is 3.66. The highest BCUT2D eigenvalue weighted by molar-refractivity contribution is 6.33. The van der Waals surface area contributed by atoms with Crippen molar-refractivity contribution in [2.75, 3.05) is 25.1 Å². The molecule has 4 heteroatoms. The molecule has 0 spiro atoms. The molecule has 1 fully saturated rings. The molecule has 0 aromatic heterocycles. The number of anilines is 1. The van der Waals surface area contributed by atoms with Crippen LogP contribution in [0.5, 0.6) is 0 Å². The van der Waals surface area contributed by atoms with Gasteiger partial charge in [0.2, 0.25) is 0 Å². The van der Waals surface area contributed by atoms with Gasteiger partial charge < -0.3 is 15.4 Å². The summed E-state index contributed by atoms with van der Waals surface area (Å²) in [5.74, 6) is 0.604. The number of halogens is 1. The molecule has 0 bridgehead atoms. The first kappa shape index (κ1) is 15.6. The monoisotopic (exact) mass is 296 g/mol. The second-order valence-corrected chi connectivity index (χ2v) is 6.36. The average molecular weight is 297 g/mol. The molecule has 0 saturated carbocycles. The summed E-state index contributed by atoms with van der Waals surface area (Å²) in [6.07, 6.45) is 2.28. The van der Waals surface area contributed by atoms with Crippen molar-refractivity contribution in [3.05, 3.63) is 28.8 Å². The molecule has 1 aromatic rings. The van der Waals surface area contributed by atoms with Crippen LogP contribution in [0.25, 0.3) is 0 Å². The van der Waals surface area contributed by atoms with Crippen molar-refractivity contribution in [1.82, 2.24) is 0 Å². The molecule has 2 rings (SSSR count). The molecule has 112 valence electrons. The van der Waals surface area contributed by atoms with Gasteiger partial charge in [0.25, 0.3) is 0 Å². The SMILES string of the molecule is COC1CN(c2ccc(CC(C)N)cc2Cl)CCC1C. The van der Waals surface area contributed by atoms with E-state index in [9.17, 15) is 0 Å². The second-order valence-electron chi connectivity index (χ2n) is 5.95. The number of hydrogen-bond acceptors (Lipinski definition) is 3. The molecule has 1 aliphatic heterocycles. The Balaban J connectivity index is 2.12. The van der Waals surface area contributed by atoms with E-state index >= 15 is 0 Å². The Kier molecular flexibility index (Phi) is 5.30. The zero-order chi connectivity index (χ0) is 14.7. The van der Waals surface area contributed by atoms with Crippen molar-refractivity contribution in [3.63, 3.8) is 0 Å². The summed E-state index contributed by atoms with van der Waals surface area (Å²) in [5.41, 5.74) is 8.14. The lowest BCUT2D eigenvalue weighted by molar-refractivity contribution is 0.0498. The van der Waals surface area contributed by atoms with Gasteiger partial charge in [0, 0.05) is 26.2 Å². The van der Waals surface area contributed by atoms with E-state index in [-0.39, 0.29) is 12.1 Å². The molecule has 1 aliphatic rings. The van der Waals surface area contributed by atoms with E-state index in [4.69, 9.17) is 22.1 Å². The summed E-state index contributed by atoms with van der Waals surface area (Å²) in [5, 5.41) is 0.813. The van der Waals surface area contributed by atoms with Gasteiger partial charge in [0.1, 0.15) is 0 Å². The fourth-order valence-electron chi connectivity index (χ4n) is 2.87. The average Bonchev–Trinajstić information content (AvgIpc) is 2.39. The van der Waals surface area contributed by atoms with Gasteiger partial charge in [-0.1, -0.05) is 24.6 Å². The number of piperidine rings is 1. The molecule has 2 N–H and O–H groups in total. The van der Waals surface area contributed by atoms with E-state index in [2.05, 4.69) is 24.0 Å². The number of methoxy groups -OCH3 is 1. The minimum absolute atomic E-state index is 0.158. The molecule has 3 unspecified atom stereocenters. The van der Waals surface area contributed by atoms with Crippen molar-refractivity contribution >= 4 is 17.3 Å². The highest BCUT2D eigenvalue weighted by Crippen LogP contribution is 2.31. The molecule has 20 heavy (non-hydrogen) atoms. The van der Waals surface area contributed by atoms with E-state index in [1.54, 1.807) is 7.11 Å². The minimum atomic E-state index is 0.158. The normalized spacial score (nSPS) is 24.8. The summed E-state index contributed by atoms with van der Waals surface area (Å²) < 4.78 is 5.57. The Bertz CT molecular complexity index is 450. The van der Waals surface area contributed by atoms with Gasteiger partial charge in [0.05, 0.1) is 16.8 Å². The molecule has 0 aliphatic carbocycles. The lowest BCUT2D eigenvalue weighted by atomic mass is 9.95. The Morgan fingerprint density at radius 3 is 2.85 bits per heavy atom. The van der Waals surface area contributed by atoms with Crippen LogP contribution in [0, 0.1) is 5.92 Å². The maximum Gasteiger partial charge on any atom is 0.0772 e. The highest BCUT2D eigenvalue weighted by atomic mass is 35.5. The molecule has 1 saturated heterocycles. The first-order valence-corrected chi connectivity index (χ1v) is 7.70. The number of nitrogens with zero attached hydrogens (tertiary/aromatic N) is 1. The highest BCUT2D eigenvalue weighted by Gasteiger charge is 2.27. The van der Waals surface area contributed by atoms with Gasteiger partial charge in [0.15, 0.2) is 0 Å².